The molecule has 2 aromatic carbocycles. The lowest BCUT2D eigenvalue weighted by atomic mass is 10.0. The van der Waals surface area contributed by atoms with E-state index < -0.39 is 0 Å². The minimum atomic E-state index is 1.18. The Morgan fingerprint density at radius 3 is 2.69 bits per heavy atom. The average molecular weight is 213 g/mol. The van der Waals surface area contributed by atoms with Crippen LogP contribution in [0.2, 0.25) is 0 Å². The van der Waals surface area contributed by atoms with Crippen molar-refractivity contribution in [3.63, 3.8) is 0 Å². The Kier molecular flexibility index (Phi) is 3.45. The molecule has 0 aliphatic carbocycles. The van der Waals surface area contributed by atoms with Crippen LogP contribution in [-0.2, 0) is 6.42 Å². The van der Waals surface area contributed by atoms with E-state index in [1.807, 2.05) is 7.05 Å². The van der Waals surface area contributed by atoms with Crippen LogP contribution in [0.4, 0.5) is 5.69 Å². The van der Waals surface area contributed by atoms with Crippen molar-refractivity contribution >= 4 is 16.5 Å². The van der Waals surface area contributed by atoms with E-state index in [1.54, 1.807) is 0 Å². The topological polar surface area (TPSA) is 12.0 Å². The highest BCUT2D eigenvalue weighted by Gasteiger charge is 2.02. The fraction of sp³-hybridized carbons (Fsp3) is 0.333. The molecule has 0 bridgehead atoms. The fourth-order valence-electron chi connectivity index (χ4n) is 2.10. The minimum Gasteiger partial charge on any atom is -0.388 e. The summed E-state index contributed by atoms with van der Waals surface area (Å²) in [6.45, 7) is 2.24. The van der Waals surface area contributed by atoms with Crippen LogP contribution in [0.15, 0.2) is 36.4 Å². The van der Waals surface area contributed by atoms with Gasteiger partial charge in [0.05, 0.1) is 0 Å². The van der Waals surface area contributed by atoms with Crippen LogP contribution in [0, 0.1) is 0 Å². The Morgan fingerprint density at radius 1 is 1.12 bits per heavy atom. The molecule has 1 nitrogen and oxygen atoms in total. The molecule has 0 aliphatic heterocycles. The van der Waals surface area contributed by atoms with Crippen molar-refractivity contribution in [3.8, 4) is 0 Å². The molecule has 0 heterocycles. The molecule has 0 aromatic heterocycles. The van der Waals surface area contributed by atoms with Crippen LogP contribution in [0.5, 0.6) is 0 Å². The van der Waals surface area contributed by atoms with Gasteiger partial charge in [0.2, 0.25) is 0 Å². The minimum absolute atomic E-state index is 1.18. The van der Waals surface area contributed by atoms with Gasteiger partial charge in [-0.15, -0.1) is 0 Å². The molecule has 2 aromatic rings. The van der Waals surface area contributed by atoms with Crippen molar-refractivity contribution < 1.29 is 0 Å². The second kappa shape index (κ2) is 5.02. The quantitative estimate of drug-likeness (QED) is 0.801. The third-order valence-corrected chi connectivity index (χ3v) is 3.01. The molecule has 1 heteroatoms. The number of hydrogen-bond acceptors (Lipinski definition) is 1. The zero-order chi connectivity index (χ0) is 11.4. The first kappa shape index (κ1) is 11.0. The largest absolute Gasteiger partial charge is 0.388 e. The number of rotatable bonds is 4. The Hall–Kier alpha value is -1.50. The highest BCUT2D eigenvalue weighted by Crippen LogP contribution is 2.25. The molecule has 0 saturated carbocycles. The van der Waals surface area contributed by atoms with E-state index in [4.69, 9.17) is 0 Å². The van der Waals surface area contributed by atoms with Gasteiger partial charge in [0.25, 0.3) is 0 Å². The first-order chi connectivity index (χ1) is 7.85. The highest BCUT2D eigenvalue weighted by molar-refractivity contribution is 5.94. The number of fused-ring (bicyclic) bond motifs is 1. The maximum Gasteiger partial charge on any atom is 0.0420 e. The number of benzene rings is 2. The molecule has 1 N–H and O–H groups in total. The lowest BCUT2D eigenvalue weighted by Crippen LogP contribution is -1.93. The predicted octanol–water partition coefficient (Wildman–Crippen LogP) is 4.22. The maximum absolute atomic E-state index is 3.29. The van der Waals surface area contributed by atoms with Crippen LogP contribution in [0.3, 0.4) is 0 Å². The molecule has 2 rings (SSSR count). The number of nitrogens with one attached hydrogen (secondary N) is 1. The van der Waals surface area contributed by atoms with Crippen LogP contribution in [0.1, 0.15) is 25.3 Å². The third-order valence-electron chi connectivity index (χ3n) is 3.01. The Morgan fingerprint density at radius 2 is 1.94 bits per heavy atom. The predicted molar refractivity (Wildman–Crippen MR) is 72.1 cm³/mol. The summed E-state index contributed by atoms with van der Waals surface area (Å²) in [6.07, 6.45) is 3.69. The van der Waals surface area contributed by atoms with Crippen LogP contribution >= 0.6 is 0 Å². The molecule has 0 spiro atoms. The van der Waals surface area contributed by atoms with Gasteiger partial charge in [-0.25, -0.2) is 0 Å². The summed E-state index contributed by atoms with van der Waals surface area (Å²) in [5.74, 6) is 0. The van der Waals surface area contributed by atoms with Crippen molar-refractivity contribution in [2.45, 2.75) is 26.2 Å². The number of anilines is 1. The van der Waals surface area contributed by atoms with Crippen LogP contribution in [-0.4, -0.2) is 7.05 Å². The molecule has 0 atom stereocenters. The van der Waals surface area contributed by atoms with Crippen molar-refractivity contribution in [3.05, 3.63) is 42.0 Å². The summed E-state index contributed by atoms with van der Waals surface area (Å²) in [5, 5.41) is 5.93. The molecule has 0 saturated heterocycles. The van der Waals surface area contributed by atoms with Crippen LogP contribution < -0.4 is 5.32 Å². The molecular weight excluding hydrogens is 194 g/mol. The summed E-state index contributed by atoms with van der Waals surface area (Å²) >= 11 is 0. The van der Waals surface area contributed by atoms with Gasteiger partial charge in [-0.05, 0) is 29.9 Å². The van der Waals surface area contributed by atoms with Crippen molar-refractivity contribution in [1.29, 1.82) is 0 Å². The van der Waals surface area contributed by atoms with Crippen molar-refractivity contribution in [2.24, 2.45) is 0 Å². The second-order valence-corrected chi connectivity index (χ2v) is 4.22. The standard InChI is InChI=1S/C15H19N/c1-3-4-7-12-10-13-8-5-6-9-14(13)15(11-12)16-2/h5-6,8-11,16H,3-4,7H2,1-2H3. The van der Waals surface area contributed by atoms with Gasteiger partial charge in [-0.2, -0.15) is 0 Å². The van der Waals surface area contributed by atoms with Gasteiger partial charge in [0.1, 0.15) is 0 Å². The van der Waals surface area contributed by atoms with Gasteiger partial charge in [0, 0.05) is 18.1 Å². The molecule has 84 valence electrons. The summed E-state index contributed by atoms with van der Waals surface area (Å²) in [5.41, 5.74) is 2.68. The molecule has 16 heavy (non-hydrogen) atoms. The monoisotopic (exact) mass is 213 g/mol. The van der Waals surface area contributed by atoms with E-state index in [0.717, 1.165) is 0 Å². The lowest BCUT2D eigenvalue weighted by molar-refractivity contribution is 0.796. The van der Waals surface area contributed by atoms with E-state index in [1.165, 1.54) is 41.3 Å². The Balaban J connectivity index is 2.46. The average Bonchev–Trinajstić information content (AvgIpc) is 2.35. The zero-order valence-corrected chi connectivity index (χ0v) is 10.1. The van der Waals surface area contributed by atoms with Gasteiger partial charge in [-0.3, -0.25) is 0 Å². The smallest absolute Gasteiger partial charge is 0.0420 e. The molecule has 0 radical (unpaired) electrons. The Labute approximate surface area is 97.5 Å². The number of unbranched alkanes of at least 4 members (excludes halogenated alkanes) is 1. The van der Waals surface area contributed by atoms with Crippen LogP contribution in [0.25, 0.3) is 10.8 Å². The first-order valence-corrected chi connectivity index (χ1v) is 6.04. The summed E-state index contributed by atoms with van der Waals surface area (Å²) < 4.78 is 0. The maximum atomic E-state index is 3.29. The van der Waals surface area contributed by atoms with Gasteiger partial charge in [-0.1, -0.05) is 43.7 Å². The summed E-state index contributed by atoms with van der Waals surface area (Å²) in [4.78, 5) is 0. The molecule has 0 aliphatic rings. The van der Waals surface area contributed by atoms with E-state index in [0.29, 0.717) is 0 Å². The third kappa shape index (κ3) is 2.19. The van der Waals surface area contributed by atoms with Crippen molar-refractivity contribution in [2.75, 3.05) is 12.4 Å². The fourth-order valence-corrected chi connectivity index (χ4v) is 2.10. The Bertz CT molecular complexity index is 474. The molecule has 0 unspecified atom stereocenters. The second-order valence-electron chi connectivity index (χ2n) is 4.22. The normalized spacial score (nSPS) is 10.6. The van der Waals surface area contributed by atoms with E-state index in [2.05, 4.69) is 48.6 Å². The molecule has 0 fully saturated rings. The zero-order valence-electron chi connectivity index (χ0n) is 10.1. The van der Waals surface area contributed by atoms with E-state index in [9.17, 15) is 0 Å². The summed E-state index contributed by atoms with van der Waals surface area (Å²) in [6, 6.07) is 13.1. The first-order valence-electron chi connectivity index (χ1n) is 6.04. The highest BCUT2D eigenvalue weighted by atomic mass is 14.8. The van der Waals surface area contributed by atoms with Gasteiger partial charge in [0.15, 0.2) is 0 Å². The van der Waals surface area contributed by atoms with Gasteiger partial charge < -0.3 is 5.32 Å². The summed E-state index contributed by atoms with van der Waals surface area (Å²) in [7, 11) is 1.99. The van der Waals surface area contributed by atoms with E-state index >= 15 is 0 Å². The number of hydrogen-bond donors (Lipinski definition) is 1. The lowest BCUT2D eigenvalue weighted by Gasteiger charge is -2.09. The van der Waals surface area contributed by atoms with Crippen molar-refractivity contribution in [1.82, 2.24) is 0 Å². The SMILES string of the molecule is CCCCc1cc(NC)c2ccccc2c1. The van der Waals surface area contributed by atoms with E-state index in [-0.39, 0.29) is 0 Å². The number of aryl methyl sites for hydroxylation is 1. The van der Waals surface area contributed by atoms with Gasteiger partial charge >= 0.3 is 0 Å². The molecule has 0 amide bonds. The molecular formula is C15H19N.